The molecule has 1 fully saturated rings. The Hall–Kier alpha value is -1.69. The molecule has 1 heterocycles. The van der Waals surface area contributed by atoms with Crippen molar-refractivity contribution in [2.75, 3.05) is 25.4 Å². The van der Waals surface area contributed by atoms with Crippen LogP contribution in [0.15, 0.2) is 60.7 Å². The highest BCUT2D eigenvalue weighted by molar-refractivity contribution is 7.89. The van der Waals surface area contributed by atoms with Crippen LogP contribution in [-0.2, 0) is 23.0 Å². The lowest BCUT2D eigenvalue weighted by Gasteiger charge is -2.32. The number of piperidine rings is 1. The number of benzene rings is 2. The summed E-state index contributed by atoms with van der Waals surface area (Å²) in [7, 11) is -3.20. The number of likely N-dealkylation sites (tertiary alicyclic amines) is 1. The topological polar surface area (TPSA) is 49.4 Å². The van der Waals surface area contributed by atoms with Crippen molar-refractivity contribution < 1.29 is 8.42 Å². The smallest absolute Gasteiger partial charge is 0.211 e. The van der Waals surface area contributed by atoms with Crippen molar-refractivity contribution in [2.24, 2.45) is 5.92 Å². The Bertz CT molecular complexity index is 755. The first-order valence-corrected chi connectivity index (χ1v) is 11.0. The van der Waals surface area contributed by atoms with Gasteiger partial charge in [-0.25, -0.2) is 13.1 Å². The predicted octanol–water partition coefficient (Wildman–Crippen LogP) is 3.06. The van der Waals surface area contributed by atoms with Crippen molar-refractivity contribution in [1.29, 1.82) is 0 Å². The molecule has 1 N–H and O–H groups in total. The van der Waals surface area contributed by atoms with Crippen molar-refractivity contribution >= 4 is 10.0 Å². The van der Waals surface area contributed by atoms with Crippen LogP contribution in [-0.4, -0.2) is 38.7 Å². The summed E-state index contributed by atoms with van der Waals surface area (Å²) in [5, 5.41) is 0. The van der Waals surface area contributed by atoms with Gasteiger partial charge in [-0.3, -0.25) is 4.90 Å². The third kappa shape index (κ3) is 6.24. The minimum atomic E-state index is -3.20. The average Bonchev–Trinajstić information content (AvgIpc) is 2.68. The minimum Gasteiger partial charge on any atom is -0.299 e. The van der Waals surface area contributed by atoms with E-state index in [-0.39, 0.29) is 5.75 Å². The first-order chi connectivity index (χ1) is 12.6. The lowest BCUT2D eigenvalue weighted by molar-refractivity contribution is 0.178. The largest absolute Gasteiger partial charge is 0.299 e. The van der Waals surface area contributed by atoms with Crippen molar-refractivity contribution in [3.63, 3.8) is 0 Å². The molecule has 0 saturated carbocycles. The zero-order valence-electron chi connectivity index (χ0n) is 15.2. The van der Waals surface area contributed by atoms with Gasteiger partial charge in [0.05, 0.1) is 5.75 Å². The number of nitrogens with zero attached hydrogens (tertiary/aromatic N) is 1. The molecular formula is C21H28N2O2S. The molecular weight excluding hydrogens is 344 g/mol. The molecule has 4 nitrogen and oxygen atoms in total. The highest BCUT2D eigenvalue weighted by Crippen LogP contribution is 2.18. The summed E-state index contributed by atoms with van der Waals surface area (Å²) in [5.74, 6) is 0.595. The molecule has 0 bridgehead atoms. The van der Waals surface area contributed by atoms with Gasteiger partial charge in [-0.1, -0.05) is 60.7 Å². The quantitative estimate of drug-likeness (QED) is 0.775. The maximum atomic E-state index is 12.2. The van der Waals surface area contributed by atoms with Crippen LogP contribution in [0.5, 0.6) is 0 Å². The van der Waals surface area contributed by atoms with Crippen LogP contribution in [0.2, 0.25) is 0 Å². The Balaban J connectivity index is 1.37. The molecule has 0 atom stereocenters. The molecule has 1 aliphatic heterocycles. The fourth-order valence-corrected chi connectivity index (χ4v) is 4.54. The summed E-state index contributed by atoms with van der Waals surface area (Å²) in [4.78, 5) is 2.45. The average molecular weight is 373 g/mol. The van der Waals surface area contributed by atoms with Gasteiger partial charge in [0.25, 0.3) is 0 Å². The first-order valence-electron chi connectivity index (χ1n) is 9.38. The molecule has 26 heavy (non-hydrogen) atoms. The number of aryl methyl sites for hydroxylation is 1. The summed E-state index contributed by atoms with van der Waals surface area (Å²) >= 11 is 0. The maximum absolute atomic E-state index is 12.2. The predicted molar refractivity (Wildman–Crippen MR) is 106 cm³/mol. The van der Waals surface area contributed by atoms with Gasteiger partial charge in [0.1, 0.15) is 0 Å². The van der Waals surface area contributed by atoms with Gasteiger partial charge in [0.2, 0.25) is 10.0 Å². The van der Waals surface area contributed by atoms with Gasteiger partial charge in [0.15, 0.2) is 0 Å². The van der Waals surface area contributed by atoms with Crippen LogP contribution in [0.1, 0.15) is 24.0 Å². The molecule has 1 saturated heterocycles. The van der Waals surface area contributed by atoms with E-state index in [4.69, 9.17) is 0 Å². The van der Waals surface area contributed by atoms with E-state index in [1.54, 1.807) is 0 Å². The van der Waals surface area contributed by atoms with Gasteiger partial charge in [-0.2, -0.15) is 0 Å². The van der Waals surface area contributed by atoms with E-state index in [2.05, 4.69) is 33.9 Å². The van der Waals surface area contributed by atoms with Crippen molar-refractivity contribution in [2.45, 2.75) is 25.8 Å². The summed E-state index contributed by atoms with van der Waals surface area (Å²) in [6.45, 7) is 3.61. The molecule has 2 aromatic rings. The molecule has 2 aromatic carbocycles. The maximum Gasteiger partial charge on any atom is 0.211 e. The molecule has 0 aromatic heterocycles. The zero-order chi connectivity index (χ0) is 18.2. The molecule has 140 valence electrons. The van der Waals surface area contributed by atoms with Crippen LogP contribution in [0.25, 0.3) is 0 Å². The second-order valence-corrected chi connectivity index (χ2v) is 9.03. The van der Waals surface area contributed by atoms with E-state index in [1.807, 2.05) is 36.4 Å². The van der Waals surface area contributed by atoms with Gasteiger partial charge in [0, 0.05) is 13.1 Å². The van der Waals surface area contributed by atoms with Gasteiger partial charge in [-0.15, -0.1) is 0 Å². The van der Waals surface area contributed by atoms with Crippen LogP contribution in [0.3, 0.4) is 0 Å². The fourth-order valence-electron chi connectivity index (χ4n) is 3.40. The van der Waals surface area contributed by atoms with E-state index < -0.39 is 10.0 Å². The van der Waals surface area contributed by atoms with E-state index in [0.29, 0.717) is 18.9 Å². The van der Waals surface area contributed by atoms with E-state index in [0.717, 1.165) is 38.0 Å². The lowest BCUT2D eigenvalue weighted by atomic mass is 9.97. The summed E-state index contributed by atoms with van der Waals surface area (Å²) in [5.41, 5.74) is 2.40. The third-order valence-electron chi connectivity index (χ3n) is 5.05. The number of rotatable bonds is 8. The molecule has 0 unspecified atom stereocenters. The molecule has 0 radical (unpaired) electrons. The van der Waals surface area contributed by atoms with Crippen molar-refractivity contribution in [3.8, 4) is 0 Å². The van der Waals surface area contributed by atoms with Crippen LogP contribution in [0, 0.1) is 5.92 Å². The van der Waals surface area contributed by atoms with Gasteiger partial charge >= 0.3 is 0 Å². The Morgan fingerprint density at radius 1 is 0.885 bits per heavy atom. The first kappa shape index (κ1) is 19.1. The Morgan fingerprint density at radius 2 is 1.46 bits per heavy atom. The molecule has 0 spiro atoms. The number of hydrogen-bond acceptors (Lipinski definition) is 3. The van der Waals surface area contributed by atoms with Crippen molar-refractivity contribution in [1.82, 2.24) is 9.62 Å². The standard InChI is InChI=1S/C21H28N2O2S/c24-26(25,16-13-19-7-3-1-4-8-19)22-17-20-11-14-23(15-12-20)18-21-9-5-2-6-10-21/h1-10,20,22H,11-18H2. The summed E-state index contributed by atoms with van der Waals surface area (Å²) in [6.07, 6.45) is 2.66. The highest BCUT2D eigenvalue weighted by atomic mass is 32.2. The van der Waals surface area contributed by atoms with Crippen molar-refractivity contribution in [3.05, 3.63) is 71.8 Å². The highest BCUT2D eigenvalue weighted by Gasteiger charge is 2.21. The second kappa shape index (κ2) is 9.31. The van der Waals surface area contributed by atoms with E-state index >= 15 is 0 Å². The number of hydrogen-bond donors (Lipinski definition) is 1. The van der Waals surface area contributed by atoms with E-state index in [1.165, 1.54) is 5.56 Å². The number of sulfonamides is 1. The molecule has 0 amide bonds. The third-order valence-corrected chi connectivity index (χ3v) is 6.40. The second-order valence-electron chi connectivity index (χ2n) is 7.11. The molecule has 3 rings (SSSR count). The molecule has 1 aliphatic rings. The molecule has 5 heteroatoms. The van der Waals surface area contributed by atoms with Crippen LogP contribution < -0.4 is 4.72 Å². The Morgan fingerprint density at radius 3 is 2.08 bits per heavy atom. The Labute approximate surface area is 157 Å². The van der Waals surface area contributed by atoms with Crippen LogP contribution in [0.4, 0.5) is 0 Å². The lowest BCUT2D eigenvalue weighted by Crippen LogP contribution is -2.39. The van der Waals surface area contributed by atoms with Gasteiger partial charge in [-0.05, 0) is 49.4 Å². The summed E-state index contributed by atoms with van der Waals surface area (Å²) in [6, 6.07) is 20.3. The van der Waals surface area contributed by atoms with Gasteiger partial charge < -0.3 is 0 Å². The summed E-state index contributed by atoms with van der Waals surface area (Å²) < 4.78 is 27.3. The Kier molecular flexibility index (Phi) is 6.83. The number of nitrogens with one attached hydrogen (secondary N) is 1. The fraction of sp³-hybridized carbons (Fsp3) is 0.429. The molecule has 0 aliphatic carbocycles. The SMILES string of the molecule is O=S(=O)(CCc1ccccc1)NCC1CCN(Cc2ccccc2)CC1. The zero-order valence-corrected chi connectivity index (χ0v) is 16.0. The van der Waals surface area contributed by atoms with Crippen LogP contribution >= 0.6 is 0 Å². The monoisotopic (exact) mass is 372 g/mol. The normalized spacial score (nSPS) is 16.6. The van der Waals surface area contributed by atoms with E-state index in [9.17, 15) is 8.42 Å². The minimum absolute atomic E-state index is 0.157.